The molecule has 1 radical (unpaired) electrons. The van der Waals surface area contributed by atoms with Crippen LogP contribution in [0.15, 0.2) is 0 Å². The first kappa shape index (κ1) is 5.29. The van der Waals surface area contributed by atoms with Gasteiger partial charge in [-0.25, -0.2) is 0 Å². The summed E-state index contributed by atoms with van der Waals surface area (Å²) in [4.78, 5) is 0. The maximum absolute atomic E-state index is 6.40. The van der Waals surface area contributed by atoms with E-state index in [1.54, 1.807) is 0 Å². The van der Waals surface area contributed by atoms with E-state index in [1.165, 1.54) is 0 Å². The summed E-state index contributed by atoms with van der Waals surface area (Å²) < 4.78 is 0.271. The van der Waals surface area contributed by atoms with Crippen molar-refractivity contribution in [3.8, 4) is 5.92 Å². The topological polar surface area (TPSA) is 0 Å². The monoisotopic (exact) mass is 179 g/mol. The zero-order chi connectivity index (χ0) is 4.28. The van der Waals surface area contributed by atoms with Crippen LogP contribution in [-0.2, 0) is 0 Å². The van der Waals surface area contributed by atoms with E-state index >= 15 is 0 Å². The predicted molar refractivity (Wildman–Crippen MR) is 30.6 cm³/mol. The molecule has 0 nitrogen and oxygen atoms in total. The van der Waals surface area contributed by atoms with E-state index in [9.17, 15) is 0 Å². The Morgan fingerprint density at radius 1 is 2.00 bits per heavy atom. The normalized spacial score (nSPS) is 13.0. The number of hydrogen-bond acceptors (Lipinski definition) is 0. The average Bonchev–Trinajstić information content (AvgIpc) is 1.38. The van der Waals surface area contributed by atoms with Crippen molar-refractivity contribution in [3.05, 3.63) is 6.42 Å². The lowest BCUT2D eigenvalue weighted by Gasteiger charge is -1.76. The van der Waals surface area contributed by atoms with Crippen LogP contribution < -0.4 is 0 Å². The van der Waals surface area contributed by atoms with Gasteiger partial charge >= 0.3 is 0 Å². The molecule has 0 aromatic carbocycles. The van der Waals surface area contributed by atoms with E-state index < -0.39 is 0 Å². The molecule has 0 saturated carbocycles. The van der Waals surface area contributed by atoms with Crippen LogP contribution in [-0.4, -0.2) is 3.92 Å². The van der Waals surface area contributed by atoms with Crippen molar-refractivity contribution < 1.29 is 0 Å². The molecule has 0 aliphatic heterocycles. The molecule has 0 aliphatic carbocycles. The van der Waals surface area contributed by atoms with Gasteiger partial charge in [-0.1, -0.05) is 28.5 Å². The summed E-state index contributed by atoms with van der Waals surface area (Å²) in [7, 11) is 0. The van der Waals surface area contributed by atoms with Gasteiger partial charge in [0, 0.05) is 0 Å². The molecule has 1 atom stereocenters. The number of alkyl halides is 1. The van der Waals surface area contributed by atoms with Crippen LogP contribution in [0.2, 0.25) is 0 Å². The molecule has 0 heterocycles. The molecule has 1 unspecified atom stereocenters. The maximum atomic E-state index is 6.40. The van der Waals surface area contributed by atoms with Gasteiger partial charge in [0.1, 0.15) is 0 Å². The van der Waals surface area contributed by atoms with Crippen molar-refractivity contribution >= 4 is 22.6 Å². The molecule has 0 aromatic heterocycles. The van der Waals surface area contributed by atoms with E-state index in [1.807, 2.05) is 6.92 Å². The van der Waals surface area contributed by atoms with Crippen molar-refractivity contribution in [2.24, 2.45) is 0 Å². The van der Waals surface area contributed by atoms with Crippen LogP contribution in [0.5, 0.6) is 0 Å². The standard InChI is InChI=1S/C4H4I/c1-3-4(2)5/h4H,2H3. The van der Waals surface area contributed by atoms with Gasteiger partial charge in [-0.2, -0.15) is 0 Å². The summed E-state index contributed by atoms with van der Waals surface area (Å²) in [5, 5.41) is 0. The van der Waals surface area contributed by atoms with Crippen LogP contribution in [0.4, 0.5) is 0 Å². The van der Waals surface area contributed by atoms with Gasteiger partial charge < -0.3 is 0 Å². The molecule has 0 amide bonds. The molecule has 5 heavy (non-hydrogen) atoms. The molecular weight excluding hydrogens is 175 g/mol. The summed E-state index contributed by atoms with van der Waals surface area (Å²) in [5.74, 6) is 2.26. The average molecular weight is 179 g/mol. The van der Waals surface area contributed by atoms with Crippen molar-refractivity contribution in [2.45, 2.75) is 10.8 Å². The second-order valence-corrected chi connectivity index (χ2v) is 2.63. The van der Waals surface area contributed by atoms with E-state index in [4.69, 9.17) is 6.42 Å². The van der Waals surface area contributed by atoms with Gasteiger partial charge in [-0.15, -0.1) is 0 Å². The zero-order valence-electron chi connectivity index (χ0n) is 2.96. The summed E-state index contributed by atoms with van der Waals surface area (Å²) in [6, 6.07) is 0. The van der Waals surface area contributed by atoms with Gasteiger partial charge in [-0.3, -0.25) is 0 Å². The lowest BCUT2D eigenvalue weighted by molar-refractivity contribution is 1.36. The SMILES string of the molecule is [C]#CC(C)I. The highest BCUT2D eigenvalue weighted by molar-refractivity contribution is 14.1. The highest BCUT2D eigenvalue weighted by Crippen LogP contribution is 1.91. The highest BCUT2D eigenvalue weighted by Gasteiger charge is 1.77. The van der Waals surface area contributed by atoms with E-state index in [0.717, 1.165) is 0 Å². The molecule has 0 N–H and O–H groups in total. The Kier molecular flexibility index (Phi) is 2.67. The fraction of sp³-hybridized carbons (Fsp3) is 0.500. The molecule has 0 spiro atoms. The molecule has 0 fully saturated rings. The zero-order valence-corrected chi connectivity index (χ0v) is 5.11. The maximum Gasteiger partial charge on any atom is 0.0701 e. The quantitative estimate of drug-likeness (QED) is 0.299. The summed E-state index contributed by atoms with van der Waals surface area (Å²) >= 11 is 2.11. The Balaban J connectivity index is 2.94. The van der Waals surface area contributed by atoms with Crippen molar-refractivity contribution in [1.82, 2.24) is 0 Å². The Labute approximate surface area is 46.1 Å². The van der Waals surface area contributed by atoms with Gasteiger partial charge in [-0.05, 0) is 13.3 Å². The Hall–Kier alpha value is 0.290. The molecule has 1 heteroatoms. The van der Waals surface area contributed by atoms with E-state index in [0.29, 0.717) is 0 Å². The first-order chi connectivity index (χ1) is 2.27. The number of rotatable bonds is 0. The predicted octanol–water partition coefficient (Wildman–Crippen LogP) is 1.40. The van der Waals surface area contributed by atoms with Gasteiger partial charge in [0.15, 0.2) is 0 Å². The van der Waals surface area contributed by atoms with Crippen molar-refractivity contribution in [1.29, 1.82) is 0 Å². The number of halogens is 1. The summed E-state index contributed by atoms with van der Waals surface area (Å²) in [6.07, 6.45) is 6.40. The van der Waals surface area contributed by atoms with Crippen LogP contribution in [0.25, 0.3) is 0 Å². The molecule has 0 bridgehead atoms. The van der Waals surface area contributed by atoms with Gasteiger partial charge in [0.2, 0.25) is 0 Å². The molecule has 0 aliphatic rings. The minimum atomic E-state index is 0.271. The molecule has 0 aromatic rings. The minimum Gasteiger partial charge on any atom is -0.0753 e. The third-order valence-corrected chi connectivity index (χ3v) is 0.510. The summed E-state index contributed by atoms with van der Waals surface area (Å²) in [6.45, 7) is 1.91. The smallest absolute Gasteiger partial charge is 0.0701 e. The van der Waals surface area contributed by atoms with Crippen LogP contribution in [0.3, 0.4) is 0 Å². The molecule has 27 valence electrons. The van der Waals surface area contributed by atoms with Crippen LogP contribution in [0.1, 0.15) is 6.92 Å². The van der Waals surface area contributed by atoms with Crippen LogP contribution in [0, 0.1) is 12.3 Å². The summed E-state index contributed by atoms with van der Waals surface area (Å²) in [5.41, 5.74) is 0. The second-order valence-electron chi connectivity index (χ2n) is 0.760. The van der Waals surface area contributed by atoms with Crippen LogP contribution >= 0.6 is 22.6 Å². The third-order valence-electron chi connectivity index (χ3n) is 0.199. The second kappa shape index (κ2) is 2.52. The Morgan fingerprint density at radius 3 is 2.20 bits per heavy atom. The number of hydrogen-bond donors (Lipinski definition) is 0. The van der Waals surface area contributed by atoms with Gasteiger partial charge in [0.25, 0.3) is 0 Å². The molecule has 0 rings (SSSR count). The first-order valence-corrected chi connectivity index (χ1v) is 2.58. The molecule has 0 saturated heterocycles. The van der Waals surface area contributed by atoms with Crippen molar-refractivity contribution in [2.75, 3.05) is 0 Å². The largest absolute Gasteiger partial charge is 0.0753 e. The van der Waals surface area contributed by atoms with E-state index in [-0.39, 0.29) is 3.92 Å². The fourth-order valence-electron chi connectivity index (χ4n) is 0. The first-order valence-electron chi connectivity index (χ1n) is 1.33. The Bertz CT molecular complexity index is 49.2. The Morgan fingerprint density at radius 2 is 2.20 bits per heavy atom. The van der Waals surface area contributed by atoms with E-state index in [2.05, 4.69) is 28.5 Å². The minimum absolute atomic E-state index is 0.271. The lowest BCUT2D eigenvalue weighted by Crippen LogP contribution is -1.75. The molecular formula is C4H4I. The van der Waals surface area contributed by atoms with Gasteiger partial charge in [0.05, 0.1) is 3.92 Å². The fourth-order valence-corrected chi connectivity index (χ4v) is 0. The lowest BCUT2D eigenvalue weighted by atomic mass is 10.5. The highest BCUT2D eigenvalue weighted by atomic mass is 127. The van der Waals surface area contributed by atoms with Crippen molar-refractivity contribution in [3.63, 3.8) is 0 Å². The third kappa shape index (κ3) is 4.29.